The zero-order chi connectivity index (χ0) is 19.2. The summed E-state index contributed by atoms with van der Waals surface area (Å²) in [5, 5.41) is 4.79. The number of para-hydroxylation sites is 1. The van der Waals surface area contributed by atoms with Crippen LogP contribution in [-0.4, -0.2) is 28.1 Å². The molecule has 0 saturated carbocycles. The van der Waals surface area contributed by atoms with Crippen LogP contribution < -0.4 is 0 Å². The van der Waals surface area contributed by atoms with Crippen LogP contribution in [0.1, 0.15) is 21.6 Å². The molecule has 0 bridgehead atoms. The predicted molar refractivity (Wildman–Crippen MR) is 104 cm³/mol. The second kappa shape index (κ2) is 8.47. The van der Waals surface area contributed by atoms with Crippen molar-refractivity contribution in [1.82, 2.24) is 9.78 Å². The van der Waals surface area contributed by atoms with Crippen LogP contribution in [-0.2, 0) is 9.53 Å². The van der Waals surface area contributed by atoms with Gasteiger partial charge in [-0.1, -0.05) is 60.1 Å². The van der Waals surface area contributed by atoms with Crippen LogP contribution in [0.5, 0.6) is 0 Å². The molecule has 5 nitrogen and oxygen atoms in total. The van der Waals surface area contributed by atoms with E-state index in [1.165, 1.54) is 6.08 Å². The maximum atomic E-state index is 12.0. The fourth-order valence-electron chi connectivity index (χ4n) is 2.48. The Morgan fingerprint density at radius 2 is 1.70 bits per heavy atom. The molecule has 0 aliphatic rings. The van der Waals surface area contributed by atoms with Gasteiger partial charge in [0.25, 0.3) is 0 Å². The highest BCUT2D eigenvalue weighted by Gasteiger charge is 2.13. The zero-order valence-corrected chi connectivity index (χ0v) is 15.4. The van der Waals surface area contributed by atoms with Crippen molar-refractivity contribution in [2.24, 2.45) is 0 Å². The van der Waals surface area contributed by atoms with Crippen molar-refractivity contribution in [2.75, 3.05) is 6.61 Å². The quantitative estimate of drug-likeness (QED) is 0.364. The number of carbonyl (C=O) groups excluding carboxylic acids is 2. The van der Waals surface area contributed by atoms with Gasteiger partial charge in [-0.3, -0.25) is 4.79 Å². The first-order valence-corrected chi connectivity index (χ1v) is 8.67. The molecule has 0 unspecified atom stereocenters. The lowest BCUT2D eigenvalue weighted by molar-refractivity contribution is -0.136. The number of aryl methyl sites for hydroxylation is 1. The minimum atomic E-state index is -0.623. The Bertz CT molecular complexity index is 979. The van der Waals surface area contributed by atoms with Gasteiger partial charge in [0.2, 0.25) is 0 Å². The van der Waals surface area contributed by atoms with E-state index in [1.54, 1.807) is 41.9 Å². The van der Waals surface area contributed by atoms with Crippen molar-refractivity contribution in [1.29, 1.82) is 0 Å². The number of benzene rings is 2. The Kier molecular flexibility index (Phi) is 5.84. The van der Waals surface area contributed by atoms with E-state index >= 15 is 0 Å². The summed E-state index contributed by atoms with van der Waals surface area (Å²) in [5.41, 5.74) is 2.61. The minimum absolute atomic E-state index is 0.261. The number of esters is 1. The van der Waals surface area contributed by atoms with E-state index in [-0.39, 0.29) is 12.4 Å². The summed E-state index contributed by atoms with van der Waals surface area (Å²) in [7, 11) is 0. The van der Waals surface area contributed by atoms with Gasteiger partial charge in [0.05, 0.1) is 11.4 Å². The molecule has 1 heterocycles. The van der Waals surface area contributed by atoms with Crippen molar-refractivity contribution >= 4 is 29.4 Å². The smallest absolute Gasteiger partial charge is 0.331 e. The van der Waals surface area contributed by atoms with Crippen molar-refractivity contribution < 1.29 is 14.3 Å². The van der Waals surface area contributed by atoms with Crippen molar-refractivity contribution in [3.63, 3.8) is 0 Å². The third-order valence-electron chi connectivity index (χ3n) is 3.88. The van der Waals surface area contributed by atoms with E-state index < -0.39 is 5.97 Å². The van der Waals surface area contributed by atoms with Gasteiger partial charge >= 0.3 is 5.97 Å². The SMILES string of the molecule is Cc1nn(-c2ccccc2)c(Cl)c1/C=C/C(=O)OCC(=O)c1ccccc1. The normalized spacial score (nSPS) is 10.9. The highest BCUT2D eigenvalue weighted by Crippen LogP contribution is 2.24. The van der Waals surface area contributed by atoms with Crippen LogP contribution in [0.4, 0.5) is 0 Å². The highest BCUT2D eigenvalue weighted by atomic mass is 35.5. The van der Waals surface area contributed by atoms with Gasteiger partial charge in [-0.25, -0.2) is 9.48 Å². The largest absolute Gasteiger partial charge is 0.454 e. The Balaban J connectivity index is 1.66. The first-order valence-electron chi connectivity index (χ1n) is 8.30. The number of Topliss-reactive ketones (excluding diaryl/α,β-unsaturated/α-hetero) is 1. The van der Waals surface area contributed by atoms with Crippen molar-refractivity contribution in [3.05, 3.63) is 88.7 Å². The Morgan fingerprint density at radius 1 is 1.07 bits per heavy atom. The fraction of sp³-hybridized carbons (Fsp3) is 0.0952. The van der Waals surface area contributed by atoms with Gasteiger partial charge < -0.3 is 4.74 Å². The van der Waals surface area contributed by atoms with E-state index in [1.807, 2.05) is 36.4 Å². The van der Waals surface area contributed by atoms with Crippen molar-refractivity contribution in [2.45, 2.75) is 6.92 Å². The standard InChI is InChI=1S/C21H17ClN2O3/c1-15-18(21(22)24(23-15)17-10-6-3-7-11-17)12-13-20(26)27-14-19(25)16-8-4-2-5-9-16/h2-13H,14H2,1H3/b13-12+. The van der Waals surface area contributed by atoms with Gasteiger partial charge in [0.1, 0.15) is 5.15 Å². The zero-order valence-electron chi connectivity index (χ0n) is 14.6. The first-order chi connectivity index (χ1) is 13.1. The van der Waals surface area contributed by atoms with Gasteiger partial charge in [0, 0.05) is 17.2 Å². The van der Waals surface area contributed by atoms with E-state index in [9.17, 15) is 9.59 Å². The summed E-state index contributed by atoms with van der Waals surface area (Å²) >= 11 is 6.40. The number of ether oxygens (including phenoxy) is 1. The highest BCUT2D eigenvalue weighted by molar-refractivity contribution is 6.31. The summed E-state index contributed by atoms with van der Waals surface area (Å²) in [4.78, 5) is 23.9. The number of aromatic nitrogens is 2. The predicted octanol–water partition coefficient (Wildman–Crippen LogP) is 4.27. The molecule has 0 spiro atoms. The summed E-state index contributed by atoms with van der Waals surface area (Å²) in [5.74, 6) is -0.884. The molecule has 3 aromatic rings. The van der Waals surface area contributed by atoms with Gasteiger partial charge in [-0.15, -0.1) is 0 Å². The van der Waals surface area contributed by atoms with E-state index in [0.717, 1.165) is 5.69 Å². The molecule has 0 aliphatic heterocycles. The summed E-state index contributed by atoms with van der Waals surface area (Å²) in [6.45, 7) is 1.48. The summed E-state index contributed by atoms with van der Waals surface area (Å²) in [6.07, 6.45) is 2.78. The van der Waals surface area contributed by atoms with Crippen LogP contribution >= 0.6 is 11.6 Å². The van der Waals surface area contributed by atoms with Gasteiger partial charge in [0.15, 0.2) is 12.4 Å². The third kappa shape index (κ3) is 4.51. The first kappa shape index (κ1) is 18.6. The number of carbonyl (C=O) groups is 2. The molecule has 136 valence electrons. The monoisotopic (exact) mass is 380 g/mol. The molecular weight excluding hydrogens is 364 g/mol. The summed E-state index contributed by atoms with van der Waals surface area (Å²) in [6, 6.07) is 18.1. The van der Waals surface area contributed by atoms with E-state index in [2.05, 4.69) is 5.10 Å². The molecule has 0 saturated heterocycles. The van der Waals surface area contributed by atoms with Crippen LogP contribution in [0.25, 0.3) is 11.8 Å². The van der Waals surface area contributed by atoms with Gasteiger partial charge in [-0.05, 0) is 25.1 Å². The van der Waals surface area contributed by atoms with Crippen LogP contribution in [0.3, 0.4) is 0 Å². The lowest BCUT2D eigenvalue weighted by atomic mass is 10.1. The Morgan fingerprint density at radius 3 is 2.37 bits per heavy atom. The summed E-state index contributed by atoms with van der Waals surface area (Å²) < 4.78 is 6.60. The molecule has 0 amide bonds. The number of ketones is 1. The third-order valence-corrected chi connectivity index (χ3v) is 4.24. The lowest BCUT2D eigenvalue weighted by Gasteiger charge is -2.02. The molecule has 0 N–H and O–H groups in total. The second-order valence-electron chi connectivity index (χ2n) is 5.77. The molecule has 1 aromatic heterocycles. The fourth-order valence-corrected chi connectivity index (χ4v) is 2.82. The number of nitrogens with zero attached hydrogens (tertiary/aromatic N) is 2. The molecule has 0 fully saturated rings. The molecule has 2 aromatic carbocycles. The molecule has 3 rings (SSSR count). The van der Waals surface area contributed by atoms with Crippen LogP contribution in [0, 0.1) is 6.92 Å². The number of rotatable bonds is 6. The molecule has 0 radical (unpaired) electrons. The molecule has 27 heavy (non-hydrogen) atoms. The van der Waals surface area contributed by atoms with Crippen LogP contribution in [0.2, 0.25) is 5.15 Å². The molecular formula is C21H17ClN2O3. The van der Waals surface area contributed by atoms with Crippen molar-refractivity contribution in [3.8, 4) is 5.69 Å². The van der Waals surface area contributed by atoms with Gasteiger partial charge in [-0.2, -0.15) is 5.10 Å². The number of hydrogen-bond donors (Lipinski definition) is 0. The maximum Gasteiger partial charge on any atom is 0.331 e. The average Bonchev–Trinajstić information content (AvgIpc) is 2.99. The van der Waals surface area contributed by atoms with E-state index in [0.29, 0.717) is 22.0 Å². The van der Waals surface area contributed by atoms with Crippen LogP contribution in [0.15, 0.2) is 66.7 Å². The Labute approximate surface area is 161 Å². The maximum absolute atomic E-state index is 12.0. The topological polar surface area (TPSA) is 61.2 Å². The second-order valence-corrected chi connectivity index (χ2v) is 6.13. The molecule has 6 heteroatoms. The molecule has 0 aliphatic carbocycles. The number of halogens is 1. The minimum Gasteiger partial charge on any atom is -0.454 e. The number of hydrogen-bond acceptors (Lipinski definition) is 4. The van der Waals surface area contributed by atoms with E-state index in [4.69, 9.17) is 16.3 Å². The Hall–Kier alpha value is -3.18. The lowest BCUT2D eigenvalue weighted by Crippen LogP contribution is -2.12. The average molecular weight is 381 g/mol. The molecule has 0 atom stereocenters.